The Labute approximate surface area is 155 Å². The Bertz CT molecular complexity index is 670. The van der Waals surface area contributed by atoms with Gasteiger partial charge in [-0.1, -0.05) is 38.3 Å². The minimum absolute atomic E-state index is 0.0872. The molecule has 5 heteroatoms. The van der Waals surface area contributed by atoms with Crippen LogP contribution in [0.15, 0.2) is 48.5 Å². The SMILES string of the molecule is CCCCCCOc1ccc(NC(=O)COc2ccccc2OC)cc1. The number of amides is 1. The summed E-state index contributed by atoms with van der Waals surface area (Å²) in [4.78, 5) is 12.0. The van der Waals surface area contributed by atoms with Crippen molar-refractivity contribution < 1.29 is 19.0 Å². The van der Waals surface area contributed by atoms with Gasteiger partial charge in [0.2, 0.25) is 0 Å². The summed E-state index contributed by atoms with van der Waals surface area (Å²) in [5.41, 5.74) is 0.706. The number of para-hydroxylation sites is 2. The second kappa shape index (κ2) is 11.0. The molecule has 0 radical (unpaired) electrons. The number of carbonyl (C=O) groups excluding carboxylic acids is 1. The Hall–Kier alpha value is -2.69. The summed E-state index contributed by atoms with van der Waals surface area (Å²) in [6.45, 7) is 2.82. The topological polar surface area (TPSA) is 56.8 Å². The second-order valence-electron chi connectivity index (χ2n) is 5.92. The van der Waals surface area contributed by atoms with Crippen molar-refractivity contribution >= 4 is 11.6 Å². The van der Waals surface area contributed by atoms with Gasteiger partial charge in [0.15, 0.2) is 18.1 Å². The van der Waals surface area contributed by atoms with Crippen LogP contribution < -0.4 is 19.5 Å². The van der Waals surface area contributed by atoms with Crippen molar-refractivity contribution in [3.8, 4) is 17.2 Å². The summed E-state index contributed by atoms with van der Waals surface area (Å²) in [6, 6.07) is 14.6. The normalized spacial score (nSPS) is 10.2. The summed E-state index contributed by atoms with van der Waals surface area (Å²) in [5.74, 6) is 1.71. The van der Waals surface area contributed by atoms with Crippen LogP contribution in [0.3, 0.4) is 0 Å². The van der Waals surface area contributed by atoms with E-state index in [-0.39, 0.29) is 12.5 Å². The maximum absolute atomic E-state index is 12.0. The van der Waals surface area contributed by atoms with Crippen molar-refractivity contribution in [3.63, 3.8) is 0 Å². The summed E-state index contributed by atoms with van der Waals surface area (Å²) < 4.78 is 16.4. The largest absolute Gasteiger partial charge is 0.494 e. The van der Waals surface area contributed by atoms with Gasteiger partial charge in [0.05, 0.1) is 13.7 Å². The fourth-order valence-electron chi connectivity index (χ4n) is 2.43. The Balaban J connectivity index is 1.74. The molecule has 2 rings (SSSR count). The van der Waals surface area contributed by atoms with E-state index in [9.17, 15) is 4.79 Å². The molecule has 26 heavy (non-hydrogen) atoms. The maximum Gasteiger partial charge on any atom is 0.262 e. The highest BCUT2D eigenvalue weighted by Gasteiger charge is 2.07. The van der Waals surface area contributed by atoms with Crippen LogP contribution >= 0.6 is 0 Å². The highest BCUT2D eigenvalue weighted by Crippen LogP contribution is 2.25. The Kier molecular flexibility index (Phi) is 8.33. The molecule has 0 spiro atoms. The van der Waals surface area contributed by atoms with Gasteiger partial charge in [-0.15, -0.1) is 0 Å². The number of rotatable bonds is 11. The first-order chi connectivity index (χ1) is 12.7. The third-order valence-corrected chi connectivity index (χ3v) is 3.83. The van der Waals surface area contributed by atoms with E-state index in [4.69, 9.17) is 14.2 Å². The first kappa shape index (κ1) is 19.6. The molecule has 140 valence electrons. The van der Waals surface area contributed by atoms with E-state index in [1.165, 1.54) is 19.3 Å². The summed E-state index contributed by atoms with van der Waals surface area (Å²) in [7, 11) is 1.57. The van der Waals surface area contributed by atoms with Gasteiger partial charge >= 0.3 is 0 Å². The van der Waals surface area contributed by atoms with Gasteiger partial charge in [0.25, 0.3) is 5.91 Å². The fourth-order valence-corrected chi connectivity index (χ4v) is 2.43. The van der Waals surface area contributed by atoms with Crippen molar-refractivity contribution in [3.05, 3.63) is 48.5 Å². The molecule has 0 heterocycles. The number of unbranched alkanes of at least 4 members (excludes halogenated alkanes) is 3. The fraction of sp³-hybridized carbons (Fsp3) is 0.381. The Morgan fingerprint density at radius 2 is 1.65 bits per heavy atom. The maximum atomic E-state index is 12.0. The van der Waals surface area contributed by atoms with E-state index in [1.807, 2.05) is 36.4 Å². The lowest BCUT2D eigenvalue weighted by Gasteiger charge is -2.11. The molecule has 0 bridgehead atoms. The summed E-state index contributed by atoms with van der Waals surface area (Å²) >= 11 is 0. The molecule has 0 aliphatic rings. The lowest BCUT2D eigenvalue weighted by atomic mass is 10.2. The molecule has 0 unspecified atom stereocenters. The first-order valence-electron chi connectivity index (χ1n) is 9.01. The molecular formula is C21H27NO4. The van der Waals surface area contributed by atoms with Crippen LogP contribution in [0.5, 0.6) is 17.2 Å². The molecular weight excluding hydrogens is 330 g/mol. The molecule has 0 fully saturated rings. The number of ether oxygens (including phenoxy) is 3. The van der Waals surface area contributed by atoms with Crippen LogP contribution in [0.1, 0.15) is 32.6 Å². The van der Waals surface area contributed by atoms with E-state index in [0.29, 0.717) is 17.2 Å². The van der Waals surface area contributed by atoms with Crippen LogP contribution in [0.4, 0.5) is 5.69 Å². The number of methoxy groups -OCH3 is 1. The summed E-state index contributed by atoms with van der Waals surface area (Å²) in [5, 5.41) is 2.80. The first-order valence-corrected chi connectivity index (χ1v) is 9.01. The van der Waals surface area contributed by atoms with Gasteiger partial charge in [0.1, 0.15) is 5.75 Å². The van der Waals surface area contributed by atoms with E-state index in [2.05, 4.69) is 12.2 Å². The van der Waals surface area contributed by atoms with Gasteiger partial charge in [0, 0.05) is 5.69 Å². The number of hydrogen-bond acceptors (Lipinski definition) is 4. The third-order valence-electron chi connectivity index (χ3n) is 3.83. The second-order valence-corrected chi connectivity index (χ2v) is 5.92. The lowest BCUT2D eigenvalue weighted by molar-refractivity contribution is -0.118. The van der Waals surface area contributed by atoms with Crippen molar-refractivity contribution in [2.24, 2.45) is 0 Å². The molecule has 0 saturated carbocycles. The number of carbonyl (C=O) groups is 1. The molecule has 0 atom stereocenters. The Morgan fingerprint density at radius 1 is 0.923 bits per heavy atom. The van der Waals surface area contributed by atoms with Crippen molar-refractivity contribution in [2.75, 3.05) is 25.6 Å². The predicted molar refractivity (Wildman–Crippen MR) is 103 cm³/mol. The predicted octanol–water partition coefficient (Wildman–Crippen LogP) is 4.67. The van der Waals surface area contributed by atoms with E-state index >= 15 is 0 Å². The number of benzene rings is 2. The van der Waals surface area contributed by atoms with E-state index < -0.39 is 0 Å². The molecule has 0 aliphatic heterocycles. The average molecular weight is 357 g/mol. The Morgan fingerprint density at radius 3 is 2.35 bits per heavy atom. The van der Waals surface area contributed by atoms with Gasteiger partial charge in [-0.05, 0) is 42.8 Å². The van der Waals surface area contributed by atoms with Gasteiger partial charge < -0.3 is 19.5 Å². The summed E-state index contributed by atoms with van der Waals surface area (Å²) in [6.07, 6.45) is 4.71. The van der Waals surface area contributed by atoms with Crippen LogP contribution in [-0.2, 0) is 4.79 Å². The van der Waals surface area contributed by atoms with E-state index in [0.717, 1.165) is 18.8 Å². The smallest absolute Gasteiger partial charge is 0.262 e. The van der Waals surface area contributed by atoms with Crippen LogP contribution in [0, 0.1) is 0 Å². The molecule has 0 saturated heterocycles. The highest BCUT2D eigenvalue weighted by atomic mass is 16.5. The zero-order valence-electron chi connectivity index (χ0n) is 15.5. The monoisotopic (exact) mass is 357 g/mol. The van der Waals surface area contributed by atoms with Crippen molar-refractivity contribution in [1.82, 2.24) is 0 Å². The van der Waals surface area contributed by atoms with Crippen LogP contribution in [0.25, 0.3) is 0 Å². The number of hydrogen-bond donors (Lipinski definition) is 1. The quantitative estimate of drug-likeness (QED) is 0.594. The van der Waals surface area contributed by atoms with Gasteiger partial charge in [-0.25, -0.2) is 0 Å². The average Bonchev–Trinajstić information content (AvgIpc) is 2.67. The van der Waals surface area contributed by atoms with E-state index in [1.54, 1.807) is 19.2 Å². The molecule has 0 aromatic heterocycles. The third kappa shape index (κ3) is 6.67. The minimum Gasteiger partial charge on any atom is -0.494 e. The molecule has 2 aromatic carbocycles. The van der Waals surface area contributed by atoms with Crippen molar-refractivity contribution in [2.45, 2.75) is 32.6 Å². The molecule has 0 aliphatic carbocycles. The van der Waals surface area contributed by atoms with Crippen molar-refractivity contribution in [1.29, 1.82) is 0 Å². The zero-order valence-corrected chi connectivity index (χ0v) is 15.5. The standard InChI is InChI=1S/C21H27NO4/c1-3-4-5-8-15-25-18-13-11-17(12-14-18)22-21(23)16-26-20-10-7-6-9-19(20)24-2/h6-7,9-14H,3-5,8,15-16H2,1-2H3,(H,22,23). The molecule has 2 aromatic rings. The molecule has 1 amide bonds. The van der Waals surface area contributed by atoms with Crippen LogP contribution in [0.2, 0.25) is 0 Å². The number of anilines is 1. The lowest BCUT2D eigenvalue weighted by Crippen LogP contribution is -2.20. The molecule has 1 N–H and O–H groups in total. The highest BCUT2D eigenvalue weighted by molar-refractivity contribution is 5.91. The zero-order chi connectivity index (χ0) is 18.6. The minimum atomic E-state index is -0.232. The van der Waals surface area contributed by atoms with Crippen LogP contribution in [-0.4, -0.2) is 26.2 Å². The van der Waals surface area contributed by atoms with Gasteiger partial charge in [-0.2, -0.15) is 0 Å². The van der Waals surface area contributed by atoms with Gasteiger partial charge in [-0.3, -0.25) is 4.79 Å². The molecule has 5 nitrogen and oxygen atoms in total. The number of nitrogens with one attached hydrogen (secondary N) is 1.